The van der Waals surface area contributed by atoms with Crippen LogP contribution in [0, 0.1) is 5.82 Å². The largest absolute Gasteiger partial charge is 0.333 e. The molecule has 1 amide bonds. The zero-order valence-corrected chi connectivity index (χ0v) is 14.5. The number of likely N-dealkylation sites (tertiary alicyclic amines) is 1. The molecule has 2 heterocycles. The molecule has 1 atom stereocenters. The first-order valence-electron chi connectivity index (χ1n) is 8.71. The fourth-order valence-corrected chi connectivity index (χ4v) is 3.29. The van der Waals surface area contributed by atoms with Gasteiger partial charge in [0.25, 0.3) is 0 Å². The average molecular weight is 350 g/mol. The van der Waals surface area contributed by atoms with Gasteiger partial charge in [-0.1, -0.05) is 30.3 Å². The number of carbonyl (C=O) groups is 1. The first-order valence-corrected chi connectivity index (χ1v) is 8.71. The van der Waals surface area contributed by atoms with Crippen molar-refractivity contribution in [2.24, 2.45) is 0 Å². The minimum atomic E-state index is -0.304. The highest BCUT2D eigenvalue weighted by Crippen LogP contribution is 2.28. The number of hydrogen-bond acceptors (Lipinski definition) is 3. The standard InChI is InChI=1S/C20H19FN4O/c1-14(24-13-5-8-18(24)26)20-22-19(15-6-3-2-4-7-15)23-25(20)17-11-9-16(21)10-12-17/h2-4,6-7,9-12,14H,5,8,13H2,1H3. The quantitative estimate of drug-likeness (QED) is 0.720. The maximum Gasteiger partial charge on any atom is 0.223 e. The third-order valence-electron chi connectivity index (χ3n) is 4.69. The van der Waals surface area contributed by atoms with Gasteiger partial charge in [0, 0.05) is 18.5 Å². The molecule has 3 aromatic rings. The van der Waals surface area contributed by atoms with Gasteiger partial charge >= 0.3 is 0 Å². The Labute approximate surface area is 151 Å². The molecule has 0 aliphatic carbocycles. The summed E-state index contributed by atoms with van der Waals surface area (Å²) in [7, 11) is 0. The third-order valence-corrected chi connectivity index (χ3v) is 4.69. The van der Waals surface area contributed by atoms with Gasteiger partial charge in [-0.3, -0.25) is 4.79 Å². The lowest BCUT2D eigenvalue weighted by atomic mass is 10.2. The van der Waals surface area contributed by atoms with Gasteiger partial charge in [0.2, 0.25) is 5.91 Å². The van der Waals surface area contributed by atoms with Crippen molar-refractivity contribution in [3.63, 3.8) is 0 Å². The first-order chi connectivity index (χ1) is 12.6. The molecule has 0 N–H and O–H groups in total. The predicted molar refractivity (Wildman–Crippen MR) is 96.1 cm³/mol. The third kappa shape index (κ3) is 2.98. The van der Waals surface area contributed by atoms with Crippen molar-refractivity contribution in [3.05, 3.63) is 66.2 Å². The van der Waals surface area contributed by atoms with Crippen LogP contribution in [0.3, 0.4) is 0 Å². The van der Waals surface area contributed by atoms with E-state index in [1.807, 2.05) is 42.2 Å². The van der Waals surface area contributed by atoms with Crippen molar-refractivity contribution in [1.29, 1.82) is 0 Å². The second-order valence-corrected chi connectivity index (χ2v) is 6.41. The maximum absolute atomic E-state index is 13.3. The van der Waals surface area contributed by atoms with Gasteiger partial charge in [-0.2, -0.15) is 0 Å². The first kappa shape index (κ1) is 16.4. The fourth-order valence-electron chi connectivity index (χ4n) is 3.29. The number of aromatic nitrogens is 3. The van der Waals surface area contributed by atoms with E-state index >= 15 is 0 Å². The Morgan fingerprint density at radius 1 is 1.08 bits per heavy atom. The monoisotopic (exact) mass is 350 g/mol. The molecule has 4 rings (SSSR count). The van der Waals surface area contributed by atoms with E-state index in [-0.39, 0.29) is 17.8 Å². The summed E-state index contributed by atoms with van der Waals surface area (Å²) >= 11 is 0. The Bertz CT molecular complexity index is 921. The van der Waals surface area contributed by atoms with Crippen LogP contribution in [-0.4, -0.2) is 32.1 Å². The van der Waals surface area contributed by atoms with E-state index in [1.165, 1.54) is 12.1 Å². The van der Waals surface area contributed by atoms with Gasteiger partial charge in [0.15, 0.2) is 11.6 Å². The van der Waals surface area contributed by atoms with Crippen LogP contribution in [0.5, 0.6) is 0 Å². The van der Waals surface area contributed by atoms with Crippen molar-refractivity contribution in [2.75, 3.05) is 6.54 Å². The van der Waals surface area contributed by atoms with Crippen LogP contribution in [0.25, 0.3) is 17.1 Å². The van der Waals surface area contributed by atoms with E-state index in [2.05, 4.69) is 5.10 Å². The van der Waals surface area contributed by atoms with Crippen molar-refractivity contribution in [1.82, 2.24) is 19.7 Å². The van der Waals surface area contributed by atoms with Gasteiger partial charge in [-0.25, -0.2) is 14.1 Å². The molecule has 0 bridgehead atoms. The summed E-state index contributed by atoms with van der Waals surface area (Å²) < 4.78 is 15.0. The number of nitrogens with zero attached hydrogens (tertiary/aromatic N) is 4. The lowest BCUT2D eigenvalue weighted by Crippen LogP contribution is -2.29. The van der Waals surface area contributed by atoms with Gasteiger partial charge in [0.1, 0.15) is 5.82 Å². The van der Waals surface area contributed by atoms with E-state index in [1.54, 1.807) is 16.8 Å². The molecule has 2 aromatic carbocycles. The number of rotatable bonds is 4. The van der Waals surface area contributed by atoms with E-state index in [0.29, 0.717) is 18.1 Å². The summed E-state index contributed by atoms with van der Waals surface area (Å²) in [4.78, 5) is 18.7. The van der Waals surface area contributed by atoms with Crippen molar-refractivity contribution in [3.8, 4) is 17.1 Å². The molecule has 6 heteroatoms. The average Bonchev–Trinajstić information content (AvgIpc) is 3.29. The van der Waals surface area contributed by atoms with Crippen LogP contribution in [0.4, 0.5) is 4.39 Å². The van der Waals surface area contributed by atoms with Gasteiger partial charge in [-0.15, -0.1) is 5.10 Å². The topological polar surface area (TPSA) is 51.0 Å². The molecular weight excluding hydrogens is 331 g/mol. The summed E-state index contributed by atoms with van der Waals surface area (Å²) in [5.41, 5.74) is 1.61. The lowest BCUT2D eigenvalue weighted by Gasteiger charge is -2.23. The molecule has 26 heavy (non-hydrogen) atoms. The molecule has 5 nitrogen and oxygen atoms in total. The van der Waals surface area contributed by atoms with Crippen LogP contribution in [0.2, 0.25) is 0 Å². The number of benzene rings is 2. The highest BCUT2D eigenvalue weighted by Gasteiger charge is 2.30. The predicted octanol–water partition coefficient (Wildman–Crippen LogP) is 3.76. The zero-order chi connectivity index (χ0) is 18.1. The molecule has 1 aliphatic heterocycles. The summed E-state index contributed by atoms with van der Waals surface area (Å²) in [5, 5.41) is 4.64. The molecule has 0 spiro atoms. The van der Waals surface area contributed by atoms with Gasteiger partial charge < -0.3 is 4.90 Å². The molecule has 132 valence electrons. The van der Waals surface area contributed by atoms with E-state index in [9.17, 15) is 9.18 Å². The highest BCUT2D eigenvalue weighted by molar-refractivity contribution is 5.78. The number of halogens is 1. The normalized spacial score (nSPS) is 15.5. The highest BCUT2D eigenvalue weighted by atomic mass is 19.1. The molecule has 1 saturated heterocycles. The fraction of sp³-hybridized carbons (Fsp3) is 0.250. The molecule has 1 aromatic heterocycles. The Morgan fingerprint density at radius 2 is 1.81 bits per heavy atom. The minimum Gasteiger partial charge on any atom is -0.333 e. The summed E-state index contributed by atoms with van der Waals surface area (Å²) in [6.07, 6.45) is 1.43. The summed E-state index contributed by atoms with van der Waals surface area (Å²) in [6.45, 7) is 2.68. The van der Waals surface area contributed by atoms with Crippen LogP contribution in [-0.2, 0) is 4.79 Å². The Morgan fingerprint density at radius 3 is 2.46 bits per heavy atom. The van der Waals surface area contributed by atoms with Gasteiger partial charge in [-0.05, 0) is 37.6 Å². The lowest BCUT2D eigenvalue weighted by molar-refractivity contribution is -0.129. The van der Waals surface area contributed by atoms with Crippen molar-refractivity contribution in [2.45, 2.75) is 25.8 Å². The molecule has 1 aliphatic rings. The SMILES string of the molecule is CC(c1nc(-c2ccccc2)nn1-c1ccc(F)cc1)N1CCCC1=O. The minimum absolute atomic E-state index is 0.132. The molecule has 1 unspecified atom stereocenters. The van der Waals surface area contributed by atoms with Gasteiger partial charge in [0.05, 0.1) is 11.7 Å². The van der Waals surface area contributed by atoms with Crippen LogP contribution >= 0.6 is 0 Å². The molecular formula is C20H19FN4O. The Balaban J connectivity index is 1.81. The molecule has 0 radical (unpaired) electrons. The Hall–Kier alpha value is -3.02. The van der Waals surface area contributed by atoms with Crippen LogP contribution < -0.4 is 0 Å². The van der Waals surface area contributed by atoms with Crippen molar-refractivity contribution < 1.29 is 9.18 Å². The van der Waals surface area contributed by atoms with E-state index in [4.69, 9.17) is 4.98 Å². The molecule has 1 fully saturated rings. The second-order valence-electron chi connectivity index (χ2n) is 6.41. The smallest absolute Gasteiger partial charge is 0.223 e. The van der Waals surface area contributed by atoms with E-state index in [0.717, 1.165) is 24.2 Å². The number of carbonyl (C=O) groups excluding carboxylic acids is 1. The van der Waals surface area contributed by atoms with Crippen LogP contribution in [0.15, 0.2) is 54.6 Å². The van der Waals surface area contributed by atoms with E-state index < -0.39 is 0 Å². The Kier molecular flexibility index (Phi) is 4.24. The summed E-state index contributed by atoms with van der Waals surface area (Å²) in [5.74, 6) is 1.09. The maximum atomic E-state index is 13.3. The zero-order valence-electron chi connectivity index (χ0n) is 14.5. The number of hydrogen-bond donors (Lipinski definition) is 0. The number of amides is 1. The second kappa shape index (κ2) is 6.71. The van der Waals surface area contributed by atoms with Crippen LogP contribution in [0.1, 0.15) is 31.6 Å². The summed E-state index contributed by atoms with van der Waals surface area (Å²) in [6, 6.07) is 15.6. The molecule has 0 saturated carbocycles. The van der Waals surface area contributed by atoms with Crippen molar-refractivity contribution >= 4 is 5.91 Å².